The summed E-state index contributed by atoms with van der Waals surface area (Å²) >= 11 is 5.88. The summed E-state index contributed by atoms with van der Waals surface area (Å²) in [6.45, 7) is 6.22. The number of aliphatic hydroxyl groups excluding tert-OH is 1. The van der Waals surface area contributed by atoms with Crippen LogP contribution in [-0.4, -0.2) is 83.2 Å². The third kappa shape index (κ3) is 4.58. The fraction of sp³-hybridized carbons (Fsp3) is 0.636. The van der Waals surface area contributed by atoms with Gasteiger partial charge in [-0.1, -0.05) is 11.6 Å². The average Bonchev–Trinajstić information content (AvgIpc) is 3.51. The van der Waals surface area contributed by atoms with E-state index < -0.39 is 6.04 Å². The van der Waals surface area contributed by atoms with E-state index in [4.69, 9.17) is 11.6 Å². The highest BCUT2D eigenvalue weighted by Crippen LogP contribution is 2.53. The summed E-state index contributed by atoms with van der Waals surface area (Å²) in [5.74, 6) is -0.0110. The molecule has 2 aliphatic heterocycles. The van der Waals surface area contributed by atoms with Gasteiger partial charge in [0.05, 0.1) is 6.10 Å². The molecule has 0 aromatic heterocycles. The van der Waals surface area contributed by atoms with Crippen LogP contribution >= 0.6 is 11.6 Å². The maximum absolute atomic E-state index is 12.8. The smallest absolute Gasteiger partial charge is 0.322 e. The molecule has 2 atom stereocenters. The zero-order chi connectivity index (χ0) is 21.3. The standard InChI is InChI=1S/C22H31ClN4O3/c1-16-20(29)26(11-2-10-25-12-9-22(7-8-22)19(28)15-25)13-14-27(16)21(30)24-18-5-3-17(23)4-6-18/h3-6,16,19,28H,2,7-15H2,1H3,(H,24,30)/t16?,19-/m1/s1. The number of urea groups is 1. The Morgan fingerprint density at radius 1 is 1.17 bits per heavy atom. The van der Waals surface area contributed by atoms with Crippen molar-refractivity contribution < 1.29 is 14.7 Å². The number of nitrogens with zero attached hydrogens (tertiary/aromatic N) is 3. The second-order valence-corrected chi connectivity index (χ2v) is 9.35. The molecule has 3 fully saturated rings. The van der Waals surface area contributed by atoms with Gasteiger partial charge in [0.2, 0.25) is 5.91 Å². The number of hydrogen-bond acceptors (Lipinski definition) is 4. The molecule has 7 nitrogen and oxygen atoms in total. The van der Waals surface area contributed by atoms with Crippen LogP contribution < -0.4 is 5.32 Å². The molecule has 0 radical (unpaired) electrons. The van der Waals surface area contributed by atoms with Crippen molar-refractivity contribution in [1.29, 1.82) is 0 Å². The van der Waals surface area contributed by atoms with Crippen LogP contribution in [0.15, 0.2) is 24.3 Å². The molecule has 1 unspecified atom stereocenters. The fourth-order valence-electron chi connectivity index (χ4n) is 4.67. The summed E-state index contributed by atoms with van der Waals surface area (Å²) in [7, 11) is 0. The quantitative estimate of drug-likeness (QED) is 0.747. The number of β-amino-alcohol motifs (C(OH)–C–C–N with tert-alkyl or cyclic N) is 1. The van der Waals surface area contributed by atoms with Crippen molar-refractivity contribution in [2.45, 2.75) is 44.8 Å². The fourth-order valence-corrected chi connectivity index (χ4v) is 4.79. The highest BCUT2D eigenvalue weighted by molar-refractivity contribution is 6.30. The number of aliphatic hydroxyl groups is 1. The number of anilines is 1. The number of amides is 3. The van der Waals surface area contributed by atoms with E-state index in [1.54, 1.807) is 36.1 Å². The first-order chi connectivity index (χ1) is 14.4. The molecule has 1 saturated carbocycles. The van der Waals surface area contributed by atoms with Gasteiger partial charge in [-0.15, -0.1) is 0 Å². The second-order valence-electron chi connectivity index (χ2n) is 8.91. The lowest BCUT2D eigenvalue weighted by molar-refractivity contribution is -0.139. The molecule has 30 heavy (non-hydrogen) atoms. The second kappa shape index (κ2) is 8.73. The number of nitrogens with one attached hydrogen (secondary N) is 1. The van der Waals surface area contributed by atoms with Gasteiger partial charge in [0, 0.05) is 36.9 Å². The van der Waals surface area contributed by atoms with Gasteiger partial charge in [0.25, 0.3) is 0 Å². The zero-order valence-corrected chi connectivity index (χ0v) is 18.3. The largest absolute Gasteiger partial charge is 0.391 e. The molecule has 3 aliphatic rings. The Kier molecular flexibility index (Phi) is 6.23. The monoisotopic (exact) mass is 434 g/mol. The van der Waals surface area contributed by atoms with Crippen LogP contribution in [0.3, 0.4) is 0 Å². The van der Waals surface area contributed by atoms with E-state index in [0.717, 1.165) is 32.5 Å². The minimum atomic E-state index is -0.488. The molecule has 4 rings (SSSR count). The number of benzene rings is 1. The van der Waals surface area contributed by atoms with Gasteiger partial charge >= 0.3 is 6.03 Å². The van der Waals surface area contributed by atoms with E-state index >= 15 is 0 Å². The van der Waals surface area contributed by atoms with Crippen LogP contribution in [0.4, 0.5) is 10.5 Å². The van der Waals surface area contributed by atoms with Crippen LogP contribution in [0.1, 0.15) is 32.6 Å². The number of likely N-dealkylation sites (tertiary alicyclic amines) is 1. The summed E-state index contributed by atoms with van der Waals surface area (Å²) < 4.78 is 0. The Bertz CT molecular complexity index is 783. The van der Waals surface area contributed by atoms with Crippen molar-refractivity contribution in [2.75, 3.05) is 44.6 Å². The SMILES string of the molecule is CC1C(=O)N(CCCN2CCC3(CC3)[C@H](O)C2)CCN1C(=O)Nc1ccc(Cl)cc1. The lowest BCUT2D eigenvalue weighted by Crippen LogP contribution is -2.58. The molecule has 1 spiro atoms. The van der Waals surface area contributed by atoms with Crippen molar-refractivity contribution in [3.8, 4) is 0 Å². The normalized spacial score (nSPS) is 26.2. The van der Waals surface area contributed by atoms with Crippen LogP contribution in [0.2, 0.25) is 5.02 Å². The van der Waals surface area contributed by atoms with Gasteiger partial charge in [-0.3, -0.25) is 4.79 Å². The first-order valence-electron chi connectivity index (χ1n) is 10.9. The number of rotatable bonds is 5. The Labute approximate surface area is 183 Å². The first-order valence-corrected chi connectivity index (χ1v) is 11.3. The van der Waals surface area contributed by atoms with Crippen molar-refractivity contribution in [2.24, 2.45) is 5.41 Å². The summed E-state index contributed by atoms with van der Waals surface area (Å²) in [5, 5.41) is 13.8. The number of carbonyl (C=O) groups excluding carboxylic acids is 2. The minimum Gasteiger partial charge on any atom is -0.391 e. The first kappa shape index (κ1) is 21.4. The van der Waals surface area contributed by atoms with E-state index in [9.17, 15) is 14.7 Å². The van der Waals surface area contributed by atoms with Crippen LogP contribution in [0.5, 0.6) is 0 Å². The Morgan fingerprint density at radius 2 is 1.90 bits per heavy atom. The molecule has 3 amide bonds. The van der Waals surface area contributed by atoms with Crippen molar-refractivity contribution >= 4 is 29.2 Å². The molecule has 2 N–H and O–H groups in total. The molecule has 1 aromatic carbocycles. The predicted octanol–water partition coefficient (Wildman–Crippen LogP) is 2.64. The maximum Gasteiger partial charge on any atom is 0.322 e. The highest BCUT2D eigenvalue weighted by atomic mass is 35.5. The third-order valence-corrected chi connectivity index (χ3v) is 7.21. The summed E-state index contributed by atoms with van der Waals surface area (Å²) in [4.78, 5) is 31.2. The lowest BCUT2D eigenvalue weighted by Gasteiger charge is -2.40. The summed E-state index contributed by atoms with van der Waals surface area (Å²) in [6, 6.07) is 6.16. The molecular formula is C22H31ClN4O3. The zero-order valence-electron chi connectivity index (χ0n) is 17.5. The van der Waals surface area contributed by atoms with E-state index in [0.29, 0.717) is 30.3 Å². The Balaban J connectivity index is 1.22. The van der Waals surface area contributed by atoms with E-state index in [1.807, 2.05) is 4.90 Å². The van der Waals surface area contributed by atoms with Gasteiger partial charge in [0.1, 0.15) is 6.04 Å². The topological polar surface area (TPSA) is 76.1 Å². The van der Waals surface area contributed by atoms with E-state index in [-0.39, 0.29) is 23.5 Å². The van der Waals surface area contributed by atoms with Gasteiger partial charge < -0.3 is 25.1 Å². The number of piperidine rings is 1. The molecular weight excluding hydrogens is 404 g/mol. The molecule has 8 heteroatoms. The number of piperazine rings is 1. The van der Waals surface area contributed by atoms with Crippen molar-refractivity contribution in [3.63, 3.8) is 0 Å². The summed E-state index contributed by atoms with van der Waals surface area (Å²) in [5.41, 5.74) is 0.883. The number of hydrogen-bond donors (Lipinski definition) is 2. The molecule has 2 saturated heterocycles. The predicted molar refractivity (Wildman–Crippen MR) is 117 cm³/mol. The highest BCUT2D eigenvalue weighted by Gasteiger charge is 2.51. The summed E-state index contributed by atoms with van der Waals surface area (Å²) in [6.07, 6.45) is 4.12. The van der Waals surface area contributed by atoms with Crippen LogP contribution in [0.25, 0.3) is 0 Å². The van der Waals surface area contributed by atoms with Gasteiger partial charge in [0.15, 0.2) is 0 Å². The van der Waals surface area contributed by atoms with Crippen LogP contribution in [-0.2, 0) is 4.79 Å². The van der Waals surface area contributed by atoms with Crippen molar-refractivity contribution in [3.05, 3.63) is 29.3 Å². The third-order valence-electron chi connectivity index (χ3n) is 6.96. The van der Waals surface area contributed by atoms with Crippen molar-refractivity contribution in [1.82, 2.24) is 14.7 Å². The lowest BCUT2D eigenvalue weighted by atomic mass is 9.90. The van der Waals surface area contributed by atoms with E-state index in [2.05, 4.69) is 10.2 Å². The Morgan fingerprint density at radius 3 is 2.57 bits per heavy atom. The van der Waals surface area contributed by atoms with E-state index in [1.165, 1.54) is 12.8 Å². The minimum absolute atomic E-state index is 0.0110. The number of carbonyl (C=O) groups is 2. The van der Waals surface area contributed by atoms with Crippen LogP contribution in [0, 0.1) is 5.41 Å². The maximum atomic E-state index is 12.8. The van der Waals surface area contributed by atoms with Gasteiger partial charge in [-0.05, 0) is 75.4 Å². The molecule has 1 aliphatic carbocycles. The molecule has 0 bridgehead atoms. The molecule has 2 heterocycles. The number of halogens is 1. The molecule has 164 valence electrons. The van der Waals surface area contributed by atoms with Gasteiger partial charge in [-0.2, -0.15) is 0 Å². The average molecular weight is 435 g/mol. The molecule has 1 aromatic rings. The van der Waals surface area contributed by atoms with Gasteiger partial charge in [-0.25, -0.2) is 4.79 Å². The Hall–Kier alpha value is -1.83.